The Morgan fingerprint density at radius 2 is 1.67 bits per heavy atom. The largest absolute Gasteiger partial charge is 0.495 e. The van der Waals surface area contributed by atoms with Crippen molar-refractivity contribution < 1.29 is 47.7 Å². The van der Waals surface area contributed by atoms with E-state index in [4.69, 9.17) is 28.7 Å². The van der Waals surface area contributed by atoms with Gasteiger partial charge in [0, 0.05) is 47.9 Å². The van der Waals surface area contributed by atoms with Gasteiger partial charge in [-0.15, -0.1) is 10.2 Å². The van der Waals surface area contributed by atoms with Crippen LogP contribution in [0.1, 0.15) is 90.0 Å². The van der Waals surface area contributed by atoms with Crippen LogP contribution in [0.5, 0.6) is 5.75 Å². The van der Waals surface area contributed by atoms with E-state index in [-0.39, 0.29) is 63.0 Å². The van der Waals surface area contributed by atoms with Crippen molar-refractivity contribution in [3.05, 3.63) is 71.4 Å². The van der Waals surface area contributed by atoms with Gasteiger partial charge in [-0.2, -0.15) is 4.98 Å². The second-order valence-corrected chi connectivity index (χ2v) is 16.2. The average Bonchev–Trinajstić information content (AvgIpc) is 4.11. The van der Waals surface area contributed by atoms with E-state index in [1.165, 1.54) is 17.7 Å². The number of carbonyl (C=O) groups excluding carboxylic acids is 5. The lowest BCUT2D eigenvalue weighted by molar-refractivity contribution is -0.137. The summed E-state index contributed by atoms with van der Waals surface area (Å²) in [6.45, 7) is 4.44. The van der Waals surface area contributed by atoms with Crippen LogP contribution in [0, 0.1) is 0 Å². The van der Waals surface area contributed by atoms with Crippen LogP contribution in [-0.2, 0) is 39.9 Å². The third-order valence-electron chi connectivity index (χ3n) is 12.0. The second kappa shape index (κ2) is 21.6. The molecule has 21 nitrogen and oxygen atoms in total. The molecule has 2 aromatic carbocycles. The number of aromatic nitrogens is 5. The van der Waals surface area contributed by atoms with Crippen molar-refractivity contribution in [2.24, 2.45) is 0 Å². The first kappa shape index (κ1) is 46.0. The second-order valence-electron chi connectivity index (χ2n) is 16.2. The summed E-state index contributed by atoms with van der Waals surface area (Å²) in [6.07, 6.45) is 9.36. The SMILES string of the molecule is CC[C@@H]1c2nncn2-c2cnc(Nc3ccc(C(=O)NCCOCCOCCOCCOCC(=O)Nc4cccc5c4CN(C4CCC(=O)NC4=O)C5=O)cc3OC)nc2N1C1CCCC1. The van der Waals surface area contributed by atoms with Crippen LogP contribution >= 0.6 is 0 Å². The molecule has 0 spiro atoms. The van der Waals surface area contributed by atoms with Crippen LogP contribution in [0.3, 0.4) is 0 Å². The smallest absolute Gasteiger partial charge is 0.255 e. The monoisotopic (exact) mass is 909 g/mol. The van der Waals surface area contributed by atoms with Gasteiger partial charge < -0.3 is 49.4 Å². The number of benzene rings is 2. The molecule has 4 aliphatic rings. The van der Waals surface area contributed by atoms with Crippen molar-refractivity contribution in [2.45, 2.75) is 76.5 Å². The van der Waals surface area contributed by atoms with E-state index in [2.05, 4.69) is 48.3 Å². The summed E-state index contributed by atoms with van der Waals surface area (Å²) in [5.41, 5.74) is 3.37. The third kappa shape index (κ3) is 10.4. The summed E-state index contributed by atoms with van der Waals surface area (Å²) in [5, 5.41) is 19.9. The van der Waals surface area contributed by atoms with Gasteiger partial charge in [0.2, 0.25) is 23.7 Å². The van der Waals surface area contributed by atoms with E-state index >= 15 is 0 Å². The van der Waals surface area contributed by atoms with Crippen molar-refractivity contribution in [1.29, 1.82) is 0 Å². The fourth-order valence-corrected chi connectivity index (χ4v) is 8.81. The first-order chi connectivity index (χ1) is 32.2. The number of carbonyl (C=O) groups is 5. The Labute approximate surface area is 381 Å². The number of nitrogens with zero attached hydrogens (tertiary/aromatic N) is 7. The first-order valence-corrected chi connectivity index (χ1v) is 22.4. The van der Waals surface area contributed by atoms with Crippen LogP contribution in [0.2, 0.25) is 0 Å². The molecule has 1 saturated carbocycles. The number of hydrogen-bond donors (Lipinski definition) is 4. The predicted molar refractivity (Wildman–Crippen MR) is 238 cm³/mol. The Balaban J connectivity index is 0.681. The predicted octanol–water partition coefficient (Wildman–Crippen LogP) is 3.22. The minimum Gasteiger partial charge on any atom is -0.495 e. The number of hydrogen-bond acceptors (Lipinski definition) is 16. The Bertz CT molecular complexity index is 2410. The quantitative estimate of drug-likeness (QED) is 0.0654. The van der Waals surface area contributed by atoms with Gasteiger partial charge in [-0.25, -0.2) is 4.98 Å². The Kier molecular flexibility index (Phi) is 15.1. The summed E-state index contributed by atoms with van der Waals surface area (Å²) in [7, 11) is 1.55. The Morgan fingerprint density at radius 3 is 2.41 bits per heavy atom. The lowest BCUT2D eigenvalue weighted by Gasteiger charge is -2.40. The number of rotatable bonds is 22. The van der Waals surface area contributed by atoms with Crippen LogP contribution in [0.4, 0.5) is 23.1 Å². The number of amides is 5. The summed E-state index contributed by atoms with van der Waals surface area (Å²) < 4.78 is 29.8. The van der Waals surface area contributed by atoms with Gasteiger partial charge in [0.05, 0.1) is 71.3 Å². The lowest BCUT2D eigenvalue weighted by atomic mass is 10.0. The highest BCUT2D eigenvalue weighted by Crippen LogP contribution is 2.43. The molecule has 2 fully saturated rings. The minimum atomic E-state index is -0.745. The number of fused-ring (bicyclic) bond motifs is 4. The molecular weight excluding hydrogens is 855 g/mol. The van der Waals surface area contributed by atoms with E-state index in [0.717, 1.165) is 36.6 Å². The molecule has 2 atom stereocenters. The maximum atomic E-state index is 13.0. The van der Waals surface area contributed by atoms with E-state index < -0.39 is 17.9 Å². The zero-order chi connectivity index (χ0) is 46.0. The molecule has 4 aromatic rings. The molecule has 8 rings (SSSR count). The van der Waals surface area contributed by atoms with Crippen molar-refractivity contribution in [1.82, 2.24) is 40.3 Å². The molecule has 2 aromatic heterocycles. The van der Waals surface area contributed by atoms with Crippen LogP contribution in [0.15, 0.2) is 48.9 Å². The highest BCUT2D eigenvalue weighted by atomic mass is 16.6. The highest BCUT2D eigenvalue weighted by Gasteiger charge is 2.41. The zero-order valence-electron chi connectivity index (χ0n) is 37.1. The fourth-order valence-electron chi connectivity index (χ4n) is 8.81. The van der Waals surface area contributed by atoms with Gasteiger partial charge in [-0.05, 0) is 56.0 Å². The van der Waals surface area contributed by atoms with E-state index in [0.29, 0.717) is 85.4 Å². The van der Waals surface area contributed by atoms with E-state index in [1.54, 1.807) is 56.0 Å². The topological polar surface area (TPSA) is 243 Å². The van der Waals surface area contributed by atoms with Gasteiger partial charge >= 0.3 is 0 Å². The van der Waals surface area contributed by atoms with Gasteiger partial charge in [0.1, 0.15) is 30.4 Å². The average molecular weight is 910 g/mol. The van der Waals surface area contributed by atoms with Gasteiger partial charge in [0.25, 0.3) is 11.8 Å². The number of ether oxygens (including phenoxy) is 5. The normalized spacial score (nSPS) is 17.9. The van der Waals surface area contributed by atoms with Crippen LogP contribution in [0.25, 0.3) is 5.69 Å². The summed E-state index contributed by atoms with van der Waals surface area (Å²) in [5.74, 6) is 0.778. The maximum absolute atomic E-state index is 13.0. The molecule has 0 radical (unpaired) electrons. The fraction of sp³-hybridized carbons (Fsp3) is 0.489. The number of anilines is 4. The molecular formula is C45H55N11O10. The third-order valence-corrected chi connectivity index (χ3v) is 12.0. The number of piperidine rings is 1. The Morgan fingerprint density at radius 1 is 0.909 bits per heavy atom. The molecule has 21 heteroatoms. The lowest BCUT2D eigenvalue weighted by Crippen LogP contribution is -2.52. The molecule has 1 saturated heterocycles. The molecule has 0 bridgehead atoms. The Hall–Kier alpha value is -6.55. The molecule has 4 N–H and O–H groups in total. The van der Waals surface area contributed by atoms with Crippen molar-refractivity contribution in [3.63, 3.8) is 0 Å². The van der Waals surface area contributed by atoms with Crippen LogP contribution < -0.4 is 30.9 Å². The van der Waals surface area contributed by atoms with Gasteiger partial charge in [0.15, 0.2) is 11.6 Å². The highest BCUT2D eigenvalue weighted by molar-refractivity contribution is 6.07. The number of nitrogens with one attached hydrogen (secondary N) is 4. The van der Waals surface area contributed by atoms with E-state index in [1.807, 2.05) is 4.57 Å². The molecule has 5 heterocycles. The van der Waals surface area contributed by atoms with Crippen molar-refractivity contribution >= 4 is 52.7 Å². The molecule has 350 valence electrons. The summed E-state index contributed by atoms with van der Waals surface area (Å²) in [6, 6.07) is 9.83. The molecule has 5 amide bonds. The van der Waals surface area contributed by atoms with Crippen molar-refractivity contribution in [3.8, 4) is 11.4 Å². The molecule has 1 aliphatic carbocycles. The molecule has 3 aliphatic heterocycles. The molecule has 66 heavy (non-hydrogen) atoms. The minimum absolute atomic E-state index is 0.0607. The van der Waals surface area contributed by atoms with Crippen LogP contribution in [-0.4, -0.2) is 138 Å². The first-order valence-electron chi connectivity index (χ1n) is 22.4. The zero-order valence-corrected chi connectivity index (χ0v) is 37.1. The summed E-state index contributed by atoms with van der Waals surface area (Å²) >= 11 is 0. The van der Waals surface area contributed by atoms with Crippen molar-refractivity contribution in [2.75, 3.05) is 82.0 Å². The number of methoxy groups -OCH3 is 1. The molecule has 1 unspecified atom stereocenters. The standard InChI is InChI=1S/C45H55N11O10/c1-3-34-41-53-48-27-55(41)36-24-47-45(52-40(36)56(34)29-7-4-5-8-29)50-33-12-11-28(23-37(33)62-2)42(59)46-15-16-63-17-18-64-19-20-65-21-22-66-26-39(58)49-32-10-6-9-30-31(32)25-54(44(30)61)35-13-14-38(57)51-43(35)60/h6,9-12,23-24,27,29,34-35H,3-5,7-8,13-22,25-26H2,1-2H3,(H,46,59)(H,49,58)(H,47,50,52)(H,51,57,60)/t34-,35?/m1/s1. The maximum Gasteiger partial charge on any atom is 0.255 e. The van der Waals surface area contributed by atoms with E-state index in [9.17, 15) is 24.0 Å². The summed E-state index contributed by atoms with van der Waals surface area (Å²) in [4.78, 5) is 76.0. The van der Waals surface area contributed by atoms with Gasteiger partial charge in [-0.1, -0.05) is 25.8 Å². The number of imide groups is 1. The van der Waals surface area contributed by atoms with Gasteiger partial charge in [-0.3, -0.25) is 33.9 Å².